The Morgan fingerprint density at radius 1 is 1.50 bits per heavy atom. The fraction of sp³-hybridized carbons (Fsp3) is 0.100. The molecule has 0 saturated carbocycles. The molecule has 1 aromatic heterocycles. The molecule has 2 N–H and O–H groups in total. The molecule has 0 amide bonds. The number of anilines is 1. The van der Waals surface area contributed by atoms with Gasteiger partial charge in [0, 0.05) is 0 Å². The lowest BCUT2D eigenvalue weighted by atomic mass is 10.2. The summed E-state index contributed by atoms with van der Waals surface area (Å²) >= 11 is 8.84. The van der Waals surface area contributed by atoms with Crippen LogP contribution in [0.15, 0.2) is 28.9 Å². The van der Waals surface area contributed by atoms with E-state index in [1.165, 1.54) is 12.1 Å². The zero-order valence-corrected chi connectivity index (χ0v) is 10.5. The van der Waals surface area contributed by atoms with Gasteiger partial charge in [-0.05, 0) is 33.6 Å². The predicted molar refractivity (Wildman–Crippen MR) is 64.9 cm³/mol. The van der Waals surface area contributed by atoms with E-state index in [-0.39, 0.29) is 5.02 Å². The number of rotatable bonds is 2. The van der Waals surface area contributed by atoms with Crippen LogP contribution in [0.1, 0.15) is 5.56 Å². The van der Waals surface area contributed by atoms with Crippen molar-refractivity contribution in [1.82, 2.24) is 9.78 Å². The number of nitrogen functional groups attached to an aromatic ring is 1. The van der Waals surface area contributed by atoms with Crippen LogP contribution >= 0.6 is 27.5 Å². The first-order valence-corrected chi connectivity index (χ1v) is 5.65. The summed E-state index contributed by atoms with van der Waals surface area (Å²) in [6.07, 6.45) is 1.60. The van der Waals surface area contributed by atoms with Gasteiger partial charge in [0.2, 0.25) is 0 Å². The lowest BCUT2D eigenvalue weighted by Crippen LogP contribution is -2.06. The van der Waals surface area contributed by atoms with Crippen LogP contribution in [0.2, 0.25) is 5.02 Å². The highest BCUT2D eigenvalue weighted by atomic mass is 79.9. The molecule has 16 heavy (non-hydrogen) atoms. The van der Waals surface area contributed by atoms with Crippen molar-refractivity contribution < 1.29 is 4.39 Å². The number of nitrogens with two attached hydrogens (primary N) is 1. The van der Waals surface area contributed by atoms with E-state index in [1.54, 1.807) is 16.9 Å². The number of hydrogen-bond acceptors (Lipinski definition) is 2. The van der Waals surface area contributed by atoms with Gasteiger partial charge in [-0.15, -0.1) is 0 Å². The molecule has 0 aliphatic heterocycles. The van der Waals surface area contributed by atoms with Crippen LogP contribution in [-0.2, 0) is 6.54 Å². The highest BCUT2D eigenvalue weighted by Gasteiger charge is 2.06. The van der Waals surface area contributed by atoms with E-state index in [1.807, 2.05) is 0 Å². The Morgan fingerprint density at radius 2 is 2.25 bits per heavy atom. The fourth-order valence-electron chi connectivity index (χ4n) is 1.31. The minimum atomic E-state index is -0.441. The molecule has 0 unspecified atom stereocenters. The monoisotopic (exact) mass is 303 g/mol. The molecule has 0 aliphatic carbocycles. The van der Waals surface area contributed by atoms with Gasteiger partial charge in [0.25, 0.3) is 0 Å². The van der Waals surface area contributed by atoms with E-state index in [2.05, 4.69) is 21.0 Å². The quantitative estimate of drug-likeness (QED) is 0.926. The average Bonchev–Trinajstić information content (AvgIpc) is 2.55. The van der Waals surface area contributed by atoms with Gasteiger partial charge in [-0.1, -0.05) is 17.7 Å². The van der Waals surface area contributed by atoms with Crippen molar-refractivity contribution in [3.63, 3.8) is 0 Å². The van der Waals surface area contributed by atoms with E-state index < -0.39 is 5.82 Å². The molecule has 2 aromatic rings. The molecule has 0 bridgehead atoms. The molecule has 1 heterocycles. The molecule has 2 rings (SSSR count). The Kier molecular flexibility index (Phi) is 3.16. The first-order valence-electron chi connectivity index (χ1n) is 4.48. The van der Waals surface area contributed by atoms with Crippen molar-refractivity contribution in [3.8, 4) is 0 Å². The van der Waals surface area contributed by atoms with E-state index in [4.69, 9.17) is 17.3 Å². The first-order chi connectivity index (χ1) is 7.58. The Morgan fingerprint density at radius 3 is 2.81 bits per heavy atom. The Bertz CT molecular complexity index is 527. The Hall–Kier alpha value is -1.07. The van der Waals surface area contributed by atoms with Crippen LogP contribution in [-0.4, -0.2) is 9.78 Å². The molecule has 0 radical (unpaired) electrons. The predicted octanol–water partition coefficient (Wildman–Crippen LogP) is 3.07. The van der Waals surface area contributed by atoms with E-state index in [0.29, 0.717) is 12.4 Å². The molecule has 6 heteroatoms. The Balaban J connectivity index is 2.27. The van der Waals surface area contributed by atoms with Crippen LogP contribution in [0.25, 0.3) is 0 Å². The summed E-state index contributed by atoms with van der Waals surface area (Å²) in [6, 6.07) is 4.62. The lowest BCUT2D eigenvalue weighted by Gasteiger charge is -2.05. The third-order valence-corrected chi connectivity index (χ3v) is 3.07. The SMILES string of the molecule is Nc1c(Br)cnn1Cc1ccc(Cl)c(F)c1. The van der Waals surface area contributed by atoms with Gasteiger partial charge in [0.05, 0.1) is 22.2 Å². The second kappa shape index (κ2) is 4.43. The summed E-state index contributed by atoms with van der Waals surface area (Å²) in [5, 5.41) is 4.16. The zero-order valence-electron chi connectivity index (χ0n) is 8.12. The summed E-state index contributed by atoms with van der Waals surface area (Å²) < 4.78 is 15.5. The van der Waals surface area contributed by atoms with E-state index in [9.17, 15) is 4.39 Å². The van der Waals surface area contributed by atoms with Gasteiger partial charge in [-0.25, -0.2) is 9.07 Å². The maximum Gasteiger partial charge on any atom is 0.142 e. The van der Waals surface area contributed by atoms with Gasteiger partial charge in [-0.3, -0.25) is 0 Å². The van der Waals surface area contributed by atoms with Crippen molar-refractivity contribution in [3.05, 3.63) is 45.3 Å². The molecular formula is C10H8BrClFN3. The van der Waals surface area contributed by atoms with Crippen LogP contribution in [0.3, 0.4) is 0 Å². The van der Waals surface area contributed by atoms with Gasteiger partial charge < -0.3 is 5.73 Å². The molecule has 84 valence electrons. The fourth-order valence-corrected chi connectivity index (χ4v) is 1.72. The van der Waals surface area contributed by atoms with Crippen LogP contribution in [0.5, 0.6) is 0 Å². The van der Waals surface area contributed by atoms with Gasteiger partial charge in [-0.2, -0.15) is 5.10 Å². The topological polar surface area (TPSA) is 43.8 Å². The molecule has 3 nitrogen and oxygen atoms in total. The summed E-state index contributed by atoms with van der Waals surface area (Å²) in [5.41, 5.74) is 6.51. The maximum atomic E-state index is 13.2. The molecule has 1 aromatic carbocycles. The normalized spacial score (nSPS) is 10.7. The van der Waals surface area contributed by atoms with Gasteiger partial charge in [0.15, 0.2) is 0 Å². The first kappa shape index (κ1) is 11.4. The largest absolute Gasteiger partial charge is 0.383 e. The molecule has 0 saturated heterocycles. The minimum Gasteiger partial charge on any atom is -0.383 e. The van der Waals surface area contributed by atoms with Crippen molar-refractivity contribution in [2.24, 2.45) is 0 Å². The zero-order chi connectivity index (χ0) is 11.7. The summed E-state index contributed by atoms with van der Waals surface area (Å²) in [5.74, 6) is 0.0688. The minimum absolute atomic E-state index is 0.110. The van der Waals surface area contributed by atoms with Crippen molar-refractivity contribution >= 4 is 33.3 Å². The number of benzene rings is 1. The van der Waals surface area contributed by atoms with Crippen LogP contribution in [0, 0.1) is 5.82 Å². The Labute approximate surface area is 105 Å². The maximum absolute atomic E-state index is 13.2. The standard InChI is InChI=1S/C10H8BrClFN3/c11-7-4-15-16(10(7)14)5-6-1-2-8(12)9(13)3-6/h1-4H,5,14H2. The second-order valence-corrected chi connectivity index (χ2v) is 4.55. The smallest absolute Gasteiger partial charge is 0.142 e. The van der Waals surface area contributed by atoms with Crippen molar-refractivity contribution in [2.45, 2.75) is 6.54 Å². The summed E-state index contributed by atoms with van der Waals surface area (Å²) in [6.45, 7) is 0.408. The van der Waals surface area contributed by atoms with E-state index >= 15 is 0 Å². The van der Waals surface area contributed by atoms with Crippen molar-refractivity contribution in [2.75, 3.05) is 5.73 Å². The number of nitrogens with zero attached hydrogens (tertiary/aromatic N) is 2. The molecule has 0 atom stereocenters. The summed E-state index contributed by atoms with van der Waals surface area (Å²) in [4.78, 5) is 0. The number of aromatic nitrogens is 2. The lowest BCUT2D eigenvalue weighted by molar-refractivity contribution is 0.620. The molecule has 0 fully saturated rings. The number of halogens is 3. The highest BCUT2D eigenvalue weighted by molar-refractivity contribution is 9.10. The molecular weight excluding hydrogens is 296 g/mol. The third kappa shape index (κ3) is 2.20. The number of hydrogen-bond donors (Lipinski definition) is 1. The van der Waals surface area contributed by atoms with Gasteiger partial charge >= 0.3 is 0 Å². The van der Waals surface area contributed by atoms with Crippen LogP contribution in [0.4, 0.5) is 10.2 Å². The molecule has 0 aliphatic rings. The third-order valence-electron chi connectivity index (χ3n) is 2.15. The van der Waals surface area contributed by atoms with Gasteiger partial charge in [0.1, 0.15) is 11.6 Å². The van der Waals surface area contributed by atoms with E-state index in [0.717, 1.165) is 10.0 Å². The van der Waals surface area contributed by atoms with Crippen molar-refractivity contribution in [1.29, 1.82) is 0 Å². The summed E-state index contributed by atoms with van der Waals surface area (Å²) in [7, 11) is 0. The highest BCUT2D eigenvalue weighted by Crippen LogP contribution is 2.20. The average molecular weight is 305 g/mol. The second-order valence-electron chi connectivity index (χ2n) is 3.28. The molecule has 0 spiro atoms. The van der Waals surface area contributed by atoms with Crippen LogP contribution < -0.4 is 5.73 Å².